The molecule has 136 heavy (non-hydrogen) atoms. The van der Waals surface area contributed by atoms with Crippen LogP contribution in [-0.2, 0) is 0 Å². The molecule has 0 aliphatic carbocycles. The van der Waals surface area contributed by atoms with E-state index in [0.717, 1.165) is 111 Å². The van der Waals surface area contributed by atoms with Crippen molar-refractivity contribution in [2.45, 2.75) is 581 Å². The van der Waals surface area contributed by atoms with Gasteiger partial charge in [0.2, 0.25) is 0 Å². The van der Waals surface area contributed by atoms with E-state index >= 15 is 0 Å². The predicted molar refractivity (Wildman–Crippen MR) is 590 cm³/mol. The van der Waals surface area contributed by atoms with Crippen LogP contribution in [0, 0.1) is 45.3 Å². The van der Waals surface area contributed by atoms with Crippen LogP contribution in [0.4, 0.5) is 0 Å². The number of rotatable bonds is 102. The molecule has 3 aromatic carbocycles. The largest absolute Gasteiger partial charge is 0.493 e. The molecule has 0 fully saturated rings. The molecule has 10 nitrogen and oxygen atoms in total. The Morgan fingerprint density at radius 2 is 0.265 bits per heavy atom. The van der Waals surface area contributed by atoms with Crippen molar-refractivity contribution in [1.82, 2.24) is 0 Å². The smallest absolute Gasteiger partial charge is 0.130 e. The first kappa shape index (κ1) is 124. The predicted octanol–water partition coefficient (Wildman–Crippen LogP) is 42.0. The monoisotopic (exact) mass is 1880 g/mol. The number of ether oxygens (including phenoxy) is 6. The van der Waals surface area contributed by atoms with E-state index in [2.05, 4.69) is 114 Å². The molecule has 0 bridgehead atoms. The van der Waals surface area contributed by atoms with Crippen molar-refractivity contribution in [2.24, 2.45) is 0 Å². The van der Waals surface area contributed by atoms with Gasteiger partial charge in [-0.05, 0) is 87.1 Å². The quantitative estimate of drug-likeness (QED) is 0.0303. The van der Waals surface area contributed by atoms with Gasteiger partial charge in [0.25, 0.3) is 0 Å². The maximum absolute atomic E-state index is 10.3. The molecule has 0 amide bonds. The second kappa shape index (κ2) is 95.9. The molecule has 3 rings (SSSR count). The van der Waals surface area contributed by atoms with Crippen molar-refractivity contribution < 1.29 is 28.4 Å². The molecule has 3 aromatic rings. The summed E-state index contributed by atoms with van der Waals surface area (Å²) in [5.41, 5.74) is 4.84. The number of nitriles is 4. The van der Waals surface area contributed by atoms with Gasteiger partial charge in [-0.25, -0.2) is 0 Å². The molecule has 0 unspecified atom stereocenters. The number of hydrogen-bond acceptors (Lipinski definition) is 10. The first-order valence-corrected chi connectivity index (χ1v) is 59.0. The van der Waals surface area contributed by atoms with Crippen molar-refractivity contribution >= 4 is 36.5 Å². The molecule has 0 saturated carbocycles. The van der Waals surface area contributed by atoms with Crippen LogP contribution >= 0.6 is 0 Å². The topological polar surface area (TPSA) is 151 Å². The van der Waals surface area contributed by atoms with Gasteiger partial charge in [0, 0.05) is 33.4 Å². The number of allylic oxidation sites excluding steroid dienone is 2. The minimum absolute atomic E-state index is 0.0195. The highest BCUT2D eigenvalue weighted by Crippen LogP contribution is 2.39. The zero-order chi connectivity index (χ0) is 97.3. The lowest BCUT2D eigenvalue weighted by Gasteiger charge is -2.17. The van der Waals surface area contributed by atoms with Crippen LogP contribution in [0.1, 0.15) is 614 Å². The van der Waals surface area contributed by atoms with E-state index in [4.69, 9.17) is 28.4 Å². The van der Waals surface area contributed by atoms with Gasteiger partial charge in [0.05, 0.1) is 39.6 Å². The Kier molecular flexibility index (Phi) is 87.1. The third-order valence-electron chi connectivity index (χ3n) is 27.9. The average Bonchev–Trinajstić information content (AvgIpc) is 0.809. The minimum atomic E-state index is 0.0195. The maximum Gasteiger partial charge on any atom is 0.130 e. The zero-order valence-corrected chi connectivity index (χ0v) is 89.8. The number of benzene rings is 3. The Bertz CT molecular complexity index is 3280. The summed E-state index contributed by atoms with van der Waals surface area (Å²) < 4.78 is 41.8. The molecule has 0 saturated heterocycles. The highest BCUT2D eigenvalue weighted by atomic mass is 16.5. The normalized spacial score (nSPS) is 11.4. The van der Waals surface area contributed by atoms with E-state index in [-0.39, 0.29) is 11.1 Å². The molecule has 0 atom stereocenters. The Hall–Kier alpha value is -6.62. The average molecular weight is 1880 g/mol. The van der Waals surface area contributed by atoms with Crippen LogP contribution in [0.2, 0.25) is 0 Å². The van der Waals surface area contributed by atoms with Gasteiger partial charge in [-0.2, -0.15) is 21.0 Å². The van der Waals surface area contributed by atoms with Crippen molar-refractivity contribution in [3.8, 4) is 58.8 Å². The Balaban J connectivity index is 2.25. The summed E-state index contributed by atoms with van der Waals surface area (Å²) in [7, 11) is 0. The van der Waals surface area contributed by atoms with Gasteiger partial charge in [0.15, 0.2) is 0 Å². The second-order valence-corrected chi connectivity index (χ2v) is 40.7. The molecule has 0 heterocycles. The molecule has 10 heteroatoms. The summed E-state index contributed by atoms with van der Waals surface area (Å²) in [5.74, 6) is 4.12. The highest BCUT2D eigenvalue weighted by Gasteiger charge is 2.18. The maximum atomic E-state index is 10.3. The van der Waals surface area contributed by atoms with Crippen molar-refractivity contribution in [3.63, 3.8) is 0 Å². The van der Waals surface area contributed by atoms with Crippen molar-refractivity contribution in [2.75, 3.05) is 39.6 Å². The summed E-state index contributed by atoms with van der Waals surface area (Å²) in [5, 5.41) is 41.1. The standard InChI is InChI=1S/C126H210N4O6/c1-7-13-19-25-31-37-43-49-55-61-67-73-79-85-95-131-121-103-116(92-94-118-106-126(136-100-90-84-78-72-66-60-54-48-42-36-30-24-18-12-6)120(102-114(111-129)112-130)108-124(118)134-98-88-82-76-70-64-58-52-46-40-34-28-22-16-10-4)122(132-96-86-80-74-68-62-56-50-44-38-32-26-20-14-8-2)104-115(121)91-93-117-105-125(135-99-89-83-77-71-65-59-53-47-41-35-29-23-17-11-5)119(101-113(109-127)110-128)107-123(117)133-97-87-81-75-69-63-57-51-45-39-33-27-21-15-9-3/h91-94,101-108H,7-90,95-100H2,1-6H3/b93-91+,94-92+. The highest BCUT2D eigenvalue weighted by molar-refractivity contribution is 5.83. The Labute approximate surface area is 840 Å². The lowest BCUT2D eigenvalue weighted by atomic mass is 10.0. The molecule has 0 radical (unpaired) electrons. The van der Waals surface area contributed by atoms with E-state index < -0.39 is 0 Å². The fraction of sp³-hybridized carbons (Fsp3) is 0.762. The fourth-order valence-corrected chi connectivity index (χ4v) is 19.0. The summed E-state index contributed by atoms with van der Waals surface area (Å²) in [6.45, 7) is 17.0. The van der Waals surface area contributed by atoms with E-state index in [0.29, 0.717) is 73.8 Å². The van der Waals surface area contributed by atoms with E-state index in [1.807, 2.05) is 12.1 Å². The van der Waals surface area contributed by atoms with Crippen LogP contribution in [-0.4, -0.2) is 39.6 Å². The summed E-state index contributed by atoms with van der Waals surface area (Å²) >= 11 is 0. The van der Waals surface area contributed by atoms with Gasteiger partial charge < -0.3 is 28.4 Å². The molecule has 0 spiro atoms. The third kappa shape index (κ3) is 70.9. The number of nitrogens with zero attached hydrogens (tertiary/aromatic N) is 4. The second-order valence-electron chi connectivity index (χ2n) is 40.7. The van der Waals surface area contributed by atoms with Crippen LogP contribution in [0.25, 0.3) is 36.5 Å². The number of hydrogen-bond donors (Lipinski definition) is 0. The van der Waals surface area contributed by atoms with Gasteiger partial charge in [-0.15, -0.1) is 0 Å². The lowest BCUT2D eigenvalue weighted by Crippen LogP contribution is -2.04. The lowest BCUT2D eigenvalue weighted by molar-refractivity contribution is 0.295. The van der Waals surface area contributed by atoms with Crippen molar-refractivity contribution in [3.05, 3.63) is 80.9 Å². The van der Waals surface area contributed by atoms with E-state index in [1.165, 1.54) is 462 Å². The van der Waals surface area contributed by atoms with E-state index in [9.17, 15) is 21.0 Å². The van der Waals surface area contributed by atoms with Crippen LogP contribution in [0.3, 0.4) is 0 Å². The zero-order valence-electron chi connectivity index (χ0n) is 89.8. The van der Waals surface area contributed by atoms with Gasteiger partial charge in [-0.1, -0.05) is 567 Å². The summed E-state index contributed by atoms with van der Waals surface area (Å²) in [4.78, 5) is 0. The first-order valence-electron chi connectivity index (χ1n) is 59.0. The van der Waals surface area contributed by atoms with Crippen LogP contribution < -0.4 is 28.4 Å². The molecule has 770 valence electrons. The van der Waals surface area contributed by atoms with Crippen molar-refractivity contribution in [1.29, 1.82) is 21.0 Å². The SMILES string of the molecule is CCCCCCCCCCCCCCCCOc1cc(/C=C/c2cc(OCCCCCCCCCCCCCCCC)c(/C=C/c3cc(OCCCCCCCCCCCCCCCC)c(C=C(C#N)C#N)cc3OCCCCCCCCCCCCCCCC)cc2OCCCCCCCCCCCCCCCC)c(OCCCCCCCCCCCCCCCC)cc1C=C(C#N)C#N. The molecule has 0 aliphatic rings. The van der Waals surface area contributed by atoms with Gasteiger partial charge in [-0.3, -0.25) is 0 Å². The summed E-state index contributed by atoms with van der Waals surface area (Å²) in [6.07, 6.45) is 119. The molecule has 0 aliphatic heterocycles. The van der Waals surface area contributed by atoms with Gasteiger partial charge in [0.1, 0.15) is 69.9 Å². The fourth-order valence-electron chi connectivity index (χ4n) is 19.0. The molecular formula is C126H210N4O6. The Morgan fingerprint density at radius 1 is 0.162 bits per heavy atom. The first-order chi connectivity index (χ1) is 67.3. The van der Waals surface area contributed by atoms with Crippen LogP contribution in [0.5, 0.6) is 34.5 Å². The summed E-state index contributed by atoms with van der Waals surface area (Å²) in [6, 6.07) is 21.1. The van der Waals surface area contributed by atoms with E-state index in [1.54, 1.807) is 12.2 Å². The Morgan fingerprint density at radius 3 is 0.382 bits per heavy atom. The van der Waals surface area contributed by atoms with Gasteiger partial charge >= 0.3 is 0 Å². The molecule has 0 aromatic heterocycles. The third-order valence-corrected chi connectivity index (χ3v) is 27.9. The molecular weight excluding hydrogens is 1670 g/mol. The number of unbranched alkanes of at least 4 members (excludes halogenated alkanes) is 78. The molecule has 0 N–H and O–H groups in total. The van der Waals surface area contributed by atoms with Crippen LogP contribution in [0.15, 0.2) is 47.5 Å². The minimum Gasteiger partial charge on any atom is -0.493 e.